The van der Waals surface area contributed by atoms with Gasteiger partial charge in [0.2, 0.25) is 0 Å². The van der Waals surface area contributed by atoms with E-state index in [1.807, 2.05) is 4.68 Å². The summed E-state index contributed by atoms with van der Waals surface area (Å²) < 4.78 is 8.19. The minimum absolute atomic E-state index is 0.136. The molecule has 3 heterocycles. The van der Waals surface area contributed by atoms with Crippen LogP contribution in [0.3, 0.4) is 0 Å². The van der Waals surface area contributed by atoms with Gasteiger partial charge in [0.1, 0.15) is 17.9 Å². The smallest absolute Gasteiger partial charge is 0.138 e. The van der Waals surface area contributed by atoms with Crippen LogP contribution < -0.4 is 10.1 Å². The highest BCUT2D eigenvalue weighted by Gasteiger charge is 2.28. The molecule has 1 aromatic carbocycles. The molecule has 0 saturated carbocycles. The average molecular weight is 354 g/mol. The quantitative estimate of drug-likeness (QED) is 0.893. The molecule has 0 amide bonds. The van der Waals surface area contributed by atoms with Crippen LogP contribution in [0.5, 0.6) is 5.75 Å². The van der Waals surface area contributed by atoms with Crippen LogP contribution in [0, 0.1) is 6.92 Å². The molecule has 2 unspecified atom stereocenters. The summed E-state index contributed by atoms with van der Waals surface area (Å²) in [4.78, 5) is 4.34. The SMILES string of the molecule is Cc1cc(C(C)(C)C)cc2c1OCCCC2NC1CCc2ncnn2C1. The number of benzene rings is 1. The van der Waals surface area contributed by atoms with E-state index in [1.165, 1.54) is 16.7 Å². The lowest BCUT2D eigenvalue weighted by Crippen LogP contribution is -2.40. The third-order valence-electron chi connectivity index (χ3n) is 5.67. The third kappa shape index (κ3) is 3.37. The Balaban J connectivity index is 1.63. The van der Waals surface area contributed by atoms with Crippen molar-refractivity contribution >= 4 is 0 Å². The predicted octanol–water partition coefficient (Wildman–Crippen LogP) is 3.70. The minimum atomic E-state index is 0.136. The summed E-state index contributed by atoms with van der Waals surface area (Å²) in [5.74, 6) is 2.20. The van der Waals surface area contributed by atoms with Gasteiger partial charge in [-0.15, -0.1) is 0 Å². The molecule has 2 atom stereocenters. The molecule has 0 spiro atoms. The summed E-state index contributed by atoms with van der Waals surface area (Å²) >= 11 is 0. The molecular weight excluding hydrogens is 324 g/mol. The van der Waals surface area contributed by atoms with Gasteiger partial charge in [0.15, 0.2) is 0 Å². The van der Waals surface area contributed by atoms with E-state index in [1.54, 1.807) is 6.33 Å². The predicted molar refractivity (Wildman–Crippen MR) is 103 cm³/mol. The maximum atomic E-state index is 6.14. The molecule has 26 heavy (non-hydrogen) atoms. The van der Waals surface area contributed by atoms with Gasteiger partial charge in [-0.1, -0.05) is 26.8 Å². The monoisotopic (exact) mass is 354 g/mol. The van der Waals surface area contributed by atoms with Crippen molar-refractivity contribution in [3.05, 3.63) is 41.0 Å². The van der Waals surface area contributed by atoms with Crippen LogP contribution in [-0.2, 0) is 18.4 Å². The molecule has 0 radical (unpaired) electrons. The Morgan fingerprint density at radius 1 is 1.23 bits per heavy atom. The van der Waals surface area contributed by atoms with E-state index in [9.17, 15) is 0 Å². The van der Waals surface area contributed by atoms with E-state index in [0.29, 0.717) is 12.1 Å². The molecule has 5 heteroatoms. The number of rotatable bonds is 2. The van der Waals surface area contributed by atoms with Gasteiger partial charge < -0.3 is 10.1 Å². The summed E-state index contributed by atoms with van der Waals surface area (Å²) in [5, 5.41) is 8.29. The summed E-state index contributed by atoms with van der Waals surface area (Å²) in [5.41, 5.74) is 4.10. The molecule has 140 valence electrons. The Morgan fingerprint density at radius 2 is 2.08 bits per heavy atom. The fourth-order valence-electron chi connectivity index (χ4n) is 4.14. The van der Waals surface area contributed by atoms with Crippen molar-refractivity contribution in [2.45, 2.75) is 77.4 Å². The van der Waals surface area contributed by atoms with Gasteiger partial charge in [-0.25, -0.2) is 9.67 Å². The zero-order chi connectivity index (χ0) is 18.3. The van der Waals surface area contributed by atoms with Crippen LogP contribution in [0.1, 0.15) is 68.6 Å². The molecule has 4 rings (SSSR count). The summed E-state index contributed by atoms with van der Waals surface area (Å²) in [6, 6.07) is 5.43. The largest absolute Gasteiger partial charge is 0.493 e. The van der Waals surface area contributed by atoms with E-state index < -0.39 is 0 Å². The molecule has 0 aliphatic carbocycles. The molecule has 0 fully saturated rings. The zero-order valence-corrected chi connectivity index (χ0v) is 16.4. The van der Waals surface area contributed by atoms with Gasteiger partial charge in [-0.2, -0.15) is 5.10 Å². The highest BCUT2D eigenvalue weighted by molar-refractivity contribution is 5.48. The minimum Gasteiger partial charge on any atom is -0.493 e. The van der Waals surface area contributed by atoms with Gasteiger partial charge in [-0.05, 0) is 48.8 Å². The highest BCUT2D eigenvalue weighted by atomic mass is 16.5. The normalized spacial score (nSPS) is 22.9. The van der Waals surface area contributed by atoms with Crippen molar-refractivity contribution < 1.29 is 4.74 Å². The summed E-state index contributed by atoms with van der Waals surface area (Å²) in [6.07, 6.45) is 5.97. The van der Waals surface area contributed by atoms with Crippen LogP contribution in [0.25, 0.3) is 0 Å². The maximum absolute atomic E-state index is 6.14. The fourth-order valence-corrected chi connectivity index (χ4v) is 4.14. The van der Waals surface area contributed by atoms with Crippen molar-refractivity contribution in [2.75, 3.05) is 6.61 Å². The van der Waals surface area contributed by atoms with E-state index in [0.717, 1.165) is 50.4 Å². The van der Waals surface area contributed by atoms with E-state index in [2.05, 4.69) is 55.2 Å². The van der Waals surface area contributed by atoms with Crippen LogP contribution in [0.2, 0.25) is 0 Å². The van der Waals surface area contributed by atoms with E-state index >= 15 is 0 Å². The van der Waals surface area contributed by atoms with Crippen molar-refractivity contribution in [1.82, 2.24) is 20.1 Å². The first-order valence-electron chi connectivity index (χ1n) is 9.82. The maximum Gasteiger partial charge on any atom is 0.138 e. The van der Waals surface area contributed by atoms with Crippen molar-refractivity contribution in [2.24, 2.45) is 0 Å². The third-order valence-corrected chi connectivity index (χ3v) is 5.67. The molecule has 0 saturated heterocycles. The second kappa shape index (κ2) is 6.69. The first-order chi connectivity index (χ1) is 12.4. The molecule has 1 aromatic heterocycles. The van der Waals surface area contributed by atoms with Crippen molar-refractivity contribution in [3.63, 3.8) is 0 Å². The van der Waals surface area contributed by atoms with E-state index in [4.69, 9.17) is 4.74 Å². The Bertz CT molecular complexity index is 790. The van der Waals surface area contributed by atoms with Crippen LogP contribution in [0.15, 0.2) is 18.5 Å². The number of hydrogen-bond donors (Lipinski definition) is 1. The number of ether oxygens (including phenoxy) is 1. The lowest BCUT2D eigenvalue weighted by Gasteiger charge is -2.30. The Labute approximate surface area is 156 Å². The van der Waals surface area contributed by atoms with Gasteiger partial charge in [0.25, 0.3) is 0 Å². The molecule has 2 aliphatic rings. The molecule has 1 N–H and O–H groups in total. The highest BCUT2D eigenvalue weighted by Crippen LogP contribution is 2.38. The molecule has 2 aromatic rings. The summed E-state index contributed by atoms with van der Waals surface area (Å²) in [6.45, 7) is 10.7. The van der Waals surface area contributed by atoms with E-state index in [-0.39, 0.29) is 5.41 Å². The molecule has 2 aliphatic heterocycles. The molecule has 5 nitrogen and oxygen atoms in total. The van der Waals surface area contributed by atoms with Crippen LogP contribution in [-0.4, -0.2) is 27.4 Å². The fraction of sp³-hybridized carbons (Fsp3) is 0.619. The van der Waals surface area contributed by atoms with Crippen molar-refractivity contribution in [3.8, 4) is 5.75 Å². The Hall–Kier alpha value is -1.88. The number of nitrogens with zero attached hydrogens (tertiary/aromatic N) is 3. The second-order valence-electron chi connectivity index (χ2n) is 8.77. The standard InChI is InChI=1S/C21H30N4O/c1-14-10-15(21(2,3)4)11-17-18(6-5-9-26-20(14)17)24-16-7-8-19-22-13-23-25(19)12-16/h10-11,13,16,18,24H,5-9,12H2,1-4H3. The Morgan fingerprint density at radius 3 is 2.88 bits per heavy atom. The topological polar surface area (TPSA) is 52.0 Å². The van der Waals surface area contributed by atoms with Crippen molar-refractivity contribution in [1.29, 1.82) is 0 Å². The number of fused-ring (bicyclic) bond motifs is 2. The van der Waals surface area contributed by atoms with Gasteiger partial charge in [-0.3, -0.25) is 0 Å². The first kappa shape index (κ1) is 17.5. The number of nitrogens with one attached hydrogen (secondary N) is 1. The molecule has 0 bridgehead atoms. The Kier molecular flexibility index (Phi) is 4.51. The van der Waals surface area contributed by atoms with Gasteiger partial charge in [0, 0.05) is 24.1 Å². The van der Waals surface area contributed by atoms with Gasteiger partial charge in [0.05, 0.1) is 13.2 Å². The first-order valence-corrected chi connectivity index (χ1v) is 9.82. The number of hydrogen-bond acceptors (Lipinski definition) is 4. The molecular formula is C21H30N4O. The lowest BCUT2D eigenvalue weighted by atomic mass is 9.83. The average Bonchev–Trinajstić information content (AvgIpc) is 2.95. The van der Waals surface area contributed by atoms with Crippen LogP contribution in [0.4, 0.5) is 0 Å². The number of aromatic nitrogens is 3. The summed E-state index contributed by atoms with van der Waals surface area (Å²) in [7, 11) is 0. The second-order valence-corrected chi connectivity index (χ2v) is 8.77. The van der Waals surface area contributed by atoms with Crippen LogP contribution >= 0.6 is 0 Å². The lowest BCUT2D eigenvalue weighted by molar-refractivity contribution is 0.304. The zero-order valence-electron chi connectivity index (χ0n) is 16.4. The van der Waals surface area contributed by atoms with Gasteiger partial charge >= 0.3 is 0 Å². The number of aryl methyl sites for hydroxylation is 2.